The van der Waals surface area contributed by atoms with Crippen LogP contribution >= 0.6 is 0 Å². The summed E-state index contributed by atoms with van der Waals surface area (Å²) in [5.74, 6) is 0.0931. The fraction of sp³-hybridized carbons (Fsp3) is 0.250. The highest BCUT2D eigenvalue weighted by Crippen LogP contribution is 2.23. The minimum Gasteiger partial charge on any atom is -0.330 e. The van der Waals surface area contributed by atoms with Gasteiger partial charge < -0.3 is 5.73 Å². The quantitative estimate of drug-likeness (QED) is 0.874. The molecular weight excluding hydrogens is 225 g/mol. The number of aryl methyl sites for hydroxylation is 1. The molecule has 2 aromatic carbocycles. The SMILES string of the molecule is Cc1ccccc1C(CN)Cc1ccc(F)cc1. The first-order chi connectivity index (χ1) is 8.70. The lowest BCUT2D eigenvalue weighted by Gasteiger charge is -2.17. The molecule has 0 aliphatic carbocycles. The fourth-order valence-corrected chi connectivity index (χ4v) is 2.27. The molecule has 0 radical (unpaired) electrons. The van der Waals surface area contributed by atoms with Crippen molar-refractivity contribution in [3.8, 4) is 0 Å². The Morgan fingerprint density at radius 3 is 2.33 bits per heavy atom. The van der Waals surface area contributed by atoms with Crippen LogP contribution < -0.4 is 5.73 Å². The van der Waals surface area contributed by atoms with Crippen LogP contribution in [0, 0.1) is 12.7 Å². The second-order valence-corrected chi connectivity index (χ2v) is 4.62. The maximum atomic E-state index is 12.9. The van der Waals surface area contributed by atoms with Crippen molar-refractivity contribution in [1.82, 2.24) is 0 Å². The lowest BCUT2D eigenvalue weighted by atomic mass is 9.89. The van der Waals surface area contributed by atoms with Crippen molar-refractivity contribution >= 4 is 0 Å². The maximum absolute atomic E-state index is 12.9. The summed E-state index contributed by atoms with van der Waals surface area (Å²) < 4.78 is 12.9. The Labute approximate surface area is 107 Å². The Morgan fingerprint density at radius 2 is 1.72 bits per heavy atom. The zero-order valence-electron chi connectivity index (χ0n) is 10.6. The topological polar surface area (TPSA) is 26.0 Å². The van der Waals surface area contributed by atoms with Gasteiger partial charge in [0.25, 0.3) is 0 Å². The second kappa shape index (κ2) is 5.78. The van der Waals surface area contributed by atoms with E-state index in [1.54, 1.807) is 0 Å². The van der Waals surface area contributed by atoms with Gasteiger partial charge in [0.1, 0.15) is 5.82 Å². The van der Waals surface area contributed by atoms with Crippen LogP contribution in [0.3, 0.4) is 0 Å². The summed E-state index contributed by atoms with van der Waals surface area (Å²) in [6.45, 7) is 2.70. The van der Waals surface area contributed by atoms with Crippen LogP contribution in [-0.2, 0) is 6.42 Å². The van der Waals surface area contributed by atoms with E-state index in [1.165, 1.54) is 23.3 Å². The van der Waals surface area contributed by atoms with E-state index >= 15 is 0 Å². The molecule has 18 heavy (non-hydrogen) atoms. The summed E-state index contributed by atoms with van der Waals surface area (Å²) in [4.78, 5) is 0. The van der Waals surface area contributed by atoms with E-state index in [4.69, 9.17) is 5.73 Å². The van der Waals surface area contributed by atoms with Gasteiger partial charge in [0.15, 0.2) is 0 Å². The number of hydrogen-bond acceptors (Lipinski definition) is 1. The van der Waals surface area contributed by atoms with Gasteiger partial charge in [-0.05, 0) is 48.7 Å². The molecule has 0 aliphatic heterocycles. The van der Waals surface area contributed by atoms with Crippen LogP contribution in [0.25, 0.3) is 0 Å². The van der Waals surface area contributed by atoms with E-state index in [9.17, 15) is 4.39 Å². The number of rotatable bonds is 4. The number of nitrogens with two attached hydrogens (primary N) is 1. The molecule has 0 amide bonds. The molecular formula is C16H18FN. The first-order valence-corrected chi connectivity index (χ1v) is 6.20. The van der Waals surface area contributed by atoms with E-state index in [0.29, 0.717) is 6.54 Å². The van der Waals surface area contributed by atoms with E-state index in [-0.39, 0.29) is 11.7 Å². The van der Waals surface area contributed by atoms with Gasteiger partial charge in [-0.15, -0.1) is 0 Å². The molecule has 1 nitrogen and oxygen atoms in total. The summed E-state index contributed by atoms with van der Waals surface area (Å²) in [6.07, 6.45) is 0.849. The molecule has 0 fully saturated rings. The average molecular weight is 243 g/mol. The molecule has 0 heterocycles. The fourth-order valence-electron chi connectivity index (χ4n) is 2.27. The molecule has 0 bridgehead atoms. The van der Waals surface area contributed by atoms with Gasteiger partial charge in [-0.25, -0.2) is 4.39 Å². The normalized spacial score (nSPS) is 12.4. The lowest BCUT2D eigenvalue weighted by molar-refractivity contribution is 0.625. The van der Waals surface area contributed by atoms with Gasteiger partial charge >= 0.3 is 0 Å². The molecule has 1 unspecified atom stereocenters. The third-order valence-electron chi connectivity index (χ3n) is 3.31. The summed E-state index contributed by atoms with van der Waals surface area (Å²) in [7, 11) is 0. The predicted molar refractivity (Wildman–Crippen MR) is 73.1 cm³/mol. The molecule has 0 aliphatic rings. The van der Waals surface area contributed by atoms with Gasteiger partial charge in [0, 0.05) is 5.92 Å². The third kappa shape index (κ3) is 2.96. The summed E-state index contributed by atoms with van der Waals surface area (Å²) in [5.41, 5.74) is 9.54. The molecule has 2 N–H and O–H groups in total. The van der Waals surface area contributed by atoms with E-state index < -0.39 is 0 Å². The first-order valence-electron chi connectivity index (χ1n) is 6.20. The molecule has 94 valence electrons. The Bertz CT molecular complexity index is 505. The predicted octanol–water partition coefficient (Wildman–Crippen LogP) is 3.42. The van der Waals surface area contributed by atoms with Gasteiger partial charge in [-0.2, -0.15) is 0 Å². The van der Waals surface area contributed by atoms with Crippen molar-refractivity contribution in [3.05, 3.63) is 71.0 Å². The first kappa shape index (κ1) is 12.8. The number of halogens is 1. The average Bonchev–Trinajstić information content (AvgIpc) is 2.39. The smallest absolute Gasteiger partial charge is 0.123 e. The van der Waals surface area contributed by atoms with Crippen molar-refractivity contribution in [2.75, 3.05) is 6.54 Å². The summed E-state index contributed by atoms with van der Waals surface area (Å²) in [6, 6.07) is 15.0. The van der Waals surface area contributed by atoms with Crippen molar-refractivity contribution in [3.63, 3.8) is 0 Å². The van der Waals surface area contributed by atoms with E-state index in [0.717, 1.165) is 12.0 Å². The molecule has 0 spiro atoms. The third-order valence-corrected chi connectivity index (χ3v) is 3.31. The second-order valence-electron chi connectivity index (χ2n) is 4.62. The van der Waals surface area contributed by atoms with Crippen LogP contribution in [0.5, 0.6) is 0 Å². The zero-order valence-corrected chi connectivity index (χ0v) is 10.6. The van der Waals surface area contributed by atoms with Crippen LogP contribution in [0.4, 0.5) is 4.39 Å². The highest BCUT2D eigenvalue weighted by molar-refractivity contribution is 5.31. The standard InChI is InChI=1S/C16H18FN/c1-12-4-2-3-5-16(12)14(11-18)10-13-6-8-15(17)9-7-13/h2-9,14H,10-11,18H2,1H3. The Hall–Kier alpha value is -1.67. The highest BCUT2D eigenvalue weighted by Gasteiger charge is 2.12. The van der Waals surface area contributed by atoms with Crippen LogP contribution in [-0.4, -0.2) is 6.54 Å². The molecule has 1 atom stereocenters. The van der Waals surface area contributed by atoms with Gasteiger partial charge in [0.2, 0.25) is 0 Å². The minimum atomic E-state index is -0.195. The lowest BCUT2D eigenvalue weighted by Crippen LogP contribution is -2.16. The maximum Gasteiger partial charge on any atom is 0.123 e. The molecule has 0 aromatic heterocycles. The Balaban J connectivity index is 2.20. The summed E-state index contributed by atoms with van der Waals surface area (Å²) >= 11 is 0. The van der Waals surface area contributed by atoms with Crippen LogP contribution in [0.1, 0.15) is 22.6 Å². The Kier molecular flexibility index (Phi) is 4.11. The number of benzene rings is 2. The van der Waals surface area contributed by atoms with Gasteiger partial charge in [-0.3, -0.25) is 0 Å². The summed E-state index contributed by atoms with van der Waals surface area (Å²) in [5, 5.41) is 0. The van der Waals surface area contributed by atoms with Crippen LogP contribution in [0.2, 0.25) is 0 Å². The van der Waals surface area contributed by atoms with Gasteiger partial charge in [0.05, 0.1) is 0 Å². The van der Waals surface area contributed by atoms with Crippen molar-refractivity contribution in [1.29, 1.82) is 0 Å². The van der Waals surface area contributed by atoms with Gasteiger partial charge in [-0.1, -0.05) is 36.4 Å². The zero-order chi connectivity index (χ0) is 13.0. The van der Waals surface area contributed by atoms with Crippen molar-refractivity contribution in [2.24, 2.45) is 5.73 Å². The molecule has 2 rings (SSSR count). The van der Waals surface area contributed by atoms with E-state index in [1.807, 2.05) is 24.3 Å². The van der Waals surface area contributed by atoms with Crippen molar-refractivity contribution in [2.45, 2.75) is 19.3 Å². The highest BCUT2D eigenvalue weighted by atomic mass is 19.1. The van der Waals surface area contributed by atoms with Crippen molar-refractivity contribution < 1.29 is 4.39 Å². The number of hydrogen-bond donors (Lipinski definition) is 1. The molecule has 2 heteroatoms. The van der Waals surface area contributed by atoms with E-state index in [2.05, 4.69) is 19.1 Å². The molecule has 0 saturated carbocycles. The molecule has 2 aromatic rings. The molecule has 0 saturated heterocycles. The van der Waals surface area contributed by atoms with Crippen LogP contribution in [0.15, 0.2) is 48.5 Å². The monoisotopic (exact) mass is 243 g/mol. The largest absolute Gasteiger partial charge is 0.330 e. The Morgan fingerprint density at radius 1 is 1.06 bits per heavy atom. The minimum absolute atomic E-state index is 0.195.